The van der Waals surface area contributed by atoms with Crippen LogP contribution >= 0.6 is 11.8 Å². The number of rotatable bonds is 9. The van der Waals surface area contributed by atoms with E-state index in [4.69, 9.17) is 19.3 Å². The SMILES string of the molecule is COc1cccc(/C=C2\SC(=O)N(CCOc3cc(C)ccc3C)C2=O)c1OCC(=O)O. The number of nitrogens with zero attached hydrogens (tertiary/aromatic N) is 1. The van der Waals surface area contributed by atoms with Crippen LogP contribution in [0.5, 0.6) is 17.2 Å². The third-order valence-electron chi connectivity index (χ3n) is 4.65. The number of carboxylic acids is 1. The summed E-state index contributed by atoms with van der Waals surface area (Å²) in [5.74, 6) is -0.379. The fraction of sp³-hybridized carbons (Fsp3) is 0.261. The number of carbonyl (C=O) groups is 3. The zero-order chi connectivity index (χ0) is 23.3. The van der Waals surface area contributed by atoms with E-state index in [-0.39, 0.29) is 23.8 Å². The van der Waals surface area contributed by atoms with Crippen LogP contribution in [0, 0.1) is 13.8 Å². The number of benzene rings is 2. The topological polar surface area (TPSA) is 102 Å². The first-order chi connectivity index (χ1) is 15.3. The Morgan fingerprint density at radius 3 is 2.62 bits per heavy atom. The van der Waals surface area contributed by atoms with E-state index < -0.39 is 23.7 Å². The molecular formula is C23H23NO7S. The summed E-state index contributed by atoms with van der Waals surface area (Å²) in [5.41, 5.74) is 2.46. The Bertz CT molecular complexity index is 1080. The lowest BCUT2D eigenvalue weighted by Gasteiger charge is -2.15. The van der Waals surface area contributed by atoms with E-state index in [1.165, 1.54) is 13.2 Å². The number of ether oxygens (including phenoxy) is 3. The van der Waals surface area contributed by atoms with Crippen molar-refractivity contribution < 1.29 is 33.7 Å². The van der Waals surface area contributed by atoms with Crippen molar-refractivity contribution >= 4 is 35.0 Å². The molecule has 1 N–H and O–H groups in total. The van der Waals surface area contributed by atoms with Crippen LogP contribution in [0.3, 0.4) is 0 Å². The number of aliphatic carboxylic acids is 1. The molecule has 1 saturated heterocycles. The lowest BCUT2D eigenvalue weighted by molar-refractivity contribution is -0.139. The number of para-hydroxylation sites is 1. The maximum absolute atomic E-state index is 12.8. The molecule has 32 heavy (non-hydrogen) atoms. The Kier molecular flexibility index (Phi) is 7.42. The second-order valence-electron chi connectivity index (χ2n) is 7.01. The minimum absolute atomic E-state index is 0.107. The van der Waals surface area contributed by atoms with E-state index >= 15 is 0 Å². The Morgan fingerprint density at radius 2 is 1.91 bits per heavy atom. The van der Waals surface area contributed by atoms with Gasteiger partial charge in [-0.25, -0.2) is 4.79 Å². The fourth-order valence-corrected chi connectivity index (χ4v) is 3.90. The van der Waals surface area contributed by atoms with E-state index in [0.717, 1.165) is 27.8 Å². The molecular weight excluding hydrogens is 434 g/mol. The predicted octanol–water partition coefficient (Wildman–Crippen LogP) is 3.89. The summed E-state index contributed by atoms with van der Waals surface area (Å²) >= 11 is 0.805. The van der Waals surface area contributed by atoms with Crippen molar-refractivity contribution in [3.8, 4) is 17.2 Å². The summed E-state index contributed by atoms with van der Waals surface area (Å²) in [6, 6.07) is 10.8. The van der Waals surface area contributed by atoms with Crippen molar-refractivity contribution in [1.82, 2.24) is 4.90 Å². The molecule has 2 amide bonds. The standard InChI is InChI=1S/C23H23NO7S/c1-14-7-8-15(2)18(11-14)30-10-9-24-22(27)19(32-23(24)28)12-16-5-4-6-17(29-3)21(16)31-13-20(25)26/h4-8,11-12H,9-10,13H2,1-3H3,(H,25,26)/b19-12-. The maximum Gasteiger partial charge on any atom is 0.341 e. The third-order valence-corrected chi connectivity index (χ3v) is 5.55. The van der Waals surface area contributed by atoms with E-state index in [1.807, 2.05) is 32.0 Å². The molecule has 0 aliphatic carbocycles. The average Bonchev–Trinajstić information content (AvgIpc) is 3.02. The van der Waals surface area contributed by atoms with E-state index in [9.17, 15) is 14.4 Å². The van der Waals surface area contributed by atoms with Crippen LogP contribution in [-0.2, 0) is 9.59 Å². The summed E-state index contributed by atoms with van der Waals surface area (Å²) in [7, 11) is 1.43. The lowest BCUT2D eigenvalue weighted by Crippen LogP contribution is -2.32. The number of hydrogen-bond acceptors (Lipinski definition) is 7. The molecule has 2 aromatic rings. The highest BCUT2D eigenvalue weighted by Gasteiger charge is 2.35. The molecule has 0 unspecified atom stereocenters. The minimum atomic E-state index is -1.15. The Labute approximate surface area is 189 Å². The van der Waals surface area contributed by atoms with Gasteiger partial charge in [0, 0.05) is 5.56 Å². The molecule has 1 fully saturated rings. The van der Waals surface area contributed by atoms with Crippen LogP contribution in [0.4, 0.5) is 4.79 Å². The van der Waals surface area contributed by atoms with Gasteiger partial charge in [-0.3, -0.25) is 14.5 Å². The van der Waals surface area contributed by atoms with Crippen molar-refractivity contribution in [2.45, 2.75) is 13.8 Å². The largest absolute Gasteiger partial charge is 0.493 e. The molecule has 3 rings (SSSR count). The van der Waals surface area contributed by atoms with Gasteiger partial charge >= 0.3 is 5.97 Å². The molecule has 1 heterocycles. The molecule has 0 saturated carbocycles. The zero-order valence-electron chi connectivity index (χ0n) is 17.9. The third kappa shape index (κ3) is 5.42. The molecule has 0 radical (unpaired) electrons. The first-order valence-electron chi connectivity index (χ1n) is 9.77. The second-order valence-corrected chi connectivity index (χ2v) is 8.00. The smallest absolute Gasteiger partial charge is 0.341 e. The minimum Gasteiger partial charge on any atom is -0.493 e. The van der Waals surface area contributed by atoms with Crippen LogP contribution in [0.25, 0.3) is 6.08 Å². The molecule has 0 spiro atoms. The molecule has 168 valence electrons. The first kappa shape index (κ1) is 23.2. The highest BCUT2D eigenvalue weighted by Crippen LogP contribution is 2.37. The number of aryl methyl sites for hydroxylation is 2. The van der Waals surface area contributed by atoms with E-state index in [1.54, 1.807) is 18.2 Å². The molecule has 1 aliphatic rings. The van der Waals surface area contributed by atoms with Crippen LogP contribution in [-0.4, -0.2) is 54.0 Å². The van der Waals surface area contributed by atoms with Crippen molar-refractivity contribution in [2.24, 2.45) is 0 Å². The summed E-state index contributed by atoms with van der Waals surface area (Å²) in [5, 5.41) is 8.52. The van der Waals surface area contributed by atoms with Gasteiger partial charge < -0.3 is 19.3 Å². The van der Waals surface area contributed by atoms with Gasteiger partial charge in [0.25, 0.3) is 11.1 Å². The highest BCUT2D eigenvalue weighted by atomic mass is 32.2. The molecule has 1 aliphatic heterocycles. The summed E-state index contributed by atoms with van der Waals surface area (Å²) in [6.07, 6.45) is 1.50. The van der Waals surface area contributed by atoms with Gasteiger partial charge in [-0.15, -0.1) is 0 Å². The Balaban J connectivity index is 1.74. The first-order valence-corrected chi connectivity index (χ1v) is 10.6. The summed E-state index contributed by atoms with van der Waals surface area (Å²) in [6.45, 7) is 3.59. The summed E-state index contributed by atoms with van der Waals surface area (Å²) in [4.78, 5) is 37.5. The zero-order valence-corrected chi connectivity index (χ0v) is 18.7. The number of carboxylic acid groups (broad SMARTS) is 1. The molecule has 9 heteroatoms. The van der Waals surface area contributed by atoms with Crippen molar-refractivity contribution in [1.29, 1.82) is 0 Å². The van der Waals surface area contributed by atoms with Gasteiger partial charge in [-0.1, -0.05) is 24.3 Å². The van der Waals surface area contributed by atoms with Gasteiger partial charge in [0.2, 0.25) is 0 Å². The van der Waals surface area contributed by atoms with E-state index in [2.05, 4.69) is 0 Å². The number of amides is 2. The van der Waals surface area contributed by atoms with Gasteiger partial charge in [-0.05, 0) is 54.9 Å². The van der Waals surface area contributed by atoms with Crippen LogP contribution in [0.1, 0.15) is 16.7 Å². The van der Waals surface area contributed by atoms with Gasteiger partial charge in [0.05, 0.1) is 18.6 Å². The maximum atomic E-state index is 12.8. The van der Waals surface area contributed by atoms with Crippen molar-refractivity contribution in [2.75, 3.05) is 26.9 Å². The molecule has 2 aromatic carbocycles. The average molecular weight is 458 g/mol. The monoisotopic (exact) mass is 457 g/mol. The normalized spacial score (nSPS) is 14.7. The predicted molar refractivity (Wildman–Crippen MR) is 120 cm³/mol. The number of carbonyl (C=O) groups excluding carboxylic acids is 2. The number of methoxy groups -OCH3 is 1. The number of thioether (sulfide) groups is 1. The van der Waals surface area contributed by atoms with Crippen LogP contribution in [0.15, 0.2) is 41.3 Å². The van der Waals surface area contributed by atoms with Gasteiger partial charge in [-0.2, -0.15) is 0 Å². The Hall–Kier alpha value is -3.46. The number of hydrogen-bond donors (Lipinski definition) is 1. The molecule has 0 bridgehead atoms. The van der Waals surface area contributed by atoms with Crippen LogP contribution in [0.2, 0.25) is 0 Å². The molecule has 8 nitrogen and oxygen atoms in total. The van der Waals surface area contributed by atoms with Crippen LogP contribution < -0.4 is 14.2 Å². The quantitative estimate of drug-likeness (QED) is 0.566. The molecule has 0 aromatic heterocycles. The van der Waals surface area contributed by atoms with E-state index in [0.29, 0.717) is 17.1 Å². The number of imide groups is 1. The summed E-state index contributed by atoms with van der Waals surface area (Å²) < 4.78 is 16.3. The van der Waals surface area contributed by atoms with Gasteiger partial charge in [0.15, 0.2) is 18.1 Å². The van der Waals surface area contributed by atoms with Gasteiger partial charge in [0.1, 0.15) is 12.4 Å². The molecule has 0 atom stereocenters. The van der Waals surface area contributed by atoms with Crippen molar-refractivity contribution in [3.05, 3.63) is 58.0 Å². The lowest BCUT2D eigenvalue weighted by atomic mass is 10.1. The second kappa shape index (κ2) is 10.2. The van der Waals surface area contributed by atoms with Crippen molar-refractivity contribution in [3.63, 3.8) is 0 Å². The highest BCUT2D eigenvalue weighted by molar-refractivity contribution is 8.18. The Morgan fingerprint density at radius 1 is 1.12 bits per heavy atom. The fourth-order valence-electron chi connectivity index (χ4n) is 3.04.